The van der Waals surface area contributed by atoms with Gasteiger partial charge in [-0.1, -0.05) is 6.08 Å². The van der Waals surface area contributed by atoms with Crippen molar-refractivity contribution in [3.8, 4) is 0 Å². The fourth-order valence-corrected chi connectivity index (χ4v) is 0.766. The Labute approximate surface area is 53.7 Å². The van der Waals surface area contributed by atoms with Gasteiger partial charge in [-0.05, 0) is 12.2 Å². The fraction of sp³-hybridized carbons (Fsp3) is 0.333. The quantitative estimate of drug-likeness (QED) is 0.400. The predicted molar refractivity (Wildman–Crippen MR) is 35.6 cm³/mol. The molecule has 9 heavy (non-hydrogen) atoms. The normalized spacial score (nSPS) is 23.6. The fourth-order valence-electron chi connectivity index (χ4n) is 0.766. The molecule has 0 saturated carbocycles. The Bertz CT molecular complexity index is 170. The van der Waals surface area contributed by atoms with Crippen LogP contribution in [-0.4, -0.2) is 10.8 Å². The number of nitrogens with two attached hydrogens (primary N) is 2. The average Bonchev–Trinajstić information content (AvgIpc) is 1.60. The second-order valence-corrected chi connectivity index (χ2v) is 2.29. The van der Waals surface area contributed by atoms with Crippen molar-refractivity contribution < 1.29 is 5.11 Å². The summed E-state index contributed by atoms with van der Waals surface area (Å²) in [5.41, 5.74) is 10.1. The van der Waals surface area contributed by atoms with E-state index in [2.05, 4.69) is 0 Å². The maximum Gasteiger partial charge on any atom is 0.114 e. The molecule has 0 aliphatic heterocycles. The number of hydrogen-bond donors (Lipinski definition) is 3. The SMILES string of the molecule is NC1(N)C=C(O)C=CC1. The zero-order valence-corrected chi connectivity index (χ0v) is 5.04. The van der Waals surface area contributed by atoms with Gasteiger partial charge in [0.15, 0.2) is 0 Å². The van der Waals surface area contributed by atoms with Gasteiger partial charge in [0, 0.05) is 6.42 Å². The van der Waals surface area contributed by atoms with Crippen molar-refractivity contribution in [2.45, 2.75) is 12.1 Å². The van der Waals surface area contributed by atoms with Crippen molar-refractivity contribution in [1.29, 1.82) is 0 Å². The van der Waals surface area contributed by atoms with Gasteiger partial charge in [-0.25, -0.2) is 0 Å². The van der Waals surface area contributed by atoms with E-state index in [0.717, 1.165) is 0 Å². The summed E-state index contributed by atoms with van der Waals surface area (Å²) in [4.78, 5) is 0. The lowest BCUT2D eigenvalue weighted by molar-refractivity contribution is 0.407. The van der Waals surface area contributed by atoms with Gasteiger partial charge in [0.1, 0.15) is 5.76 Å². The molecule has 0 radical (unpaired) electrons. The summed E-state index contributed by atoms with van der Waals surface area (Å²) < 4.78 is 0. The Balaban J connectivity index is 2.78. The van der Waals surface area contributed by atoms with Crippen LogP contribution in [0.4, 0.5) is 0 Å². The molecule has 1 rings (SSSR count). The van der Waals surface area contributed by atoms with Crippen molar-refractivity contribution in [1.82, 2.24) is 0 Å². The summed E-state index contributed by atoms with van der Waals surface area (Å²) >= 11 is 0. The van der Waals surface area contributed by atoms with E-state index in [0.29, 0.717) is 6.42 Å². The largest absolute Gasteiger partial charge is 0.508 e. The number of rotatable bonds is 0. The van der Waals surface area contributed by atoms with Crippen molar-refractivity contribution in [2.75, 3.05) is 0 Å². The van der Waals surface area contributed by atoms with E-state index in [9.17, 15) is 0 Å². The molecule has 0 aromatic carbocycles. The molecular weight excluding hydrogens is 116 g/mol. The molecule has 0 amide bonds. The Morgan fingerprint density at radius 2 is 2.22 bits per heavy atom. The lowest BCUT2D eigenvalue weighted by Crippen LogP contribution is -2.47. The van der Waals surface area contributed by atoms with E-state index in [1.165, 1.54) is 6.08 Å². The van der Waals surface area contributed by atoms with Gasteiger partial charge in [-0.3, -0.25) is 0 Å². The molecule has 0 spiro atoms. The van der Waals surface area contributed by atoms with Gasteiger partial charge in [0.05, 0.1) is 5.66 Å². The van der Waals surface area contributed by atoms with E-state index in [4.69, 9.17) is 16.6 Å². The minimum atomic E-state index is -0.848. The first-order valence-electron chi connectivity index (χ1n) is 2.76. The first-order valence-corrected chi connectivity index (χ1v) is 2.76. The monoisotopic (exact) mass is 126 g/mol. The predicted octanol–water partition coefficient (Wildman–Crippen LogP) is 0.00190. The summed E-state index contributed by atoms with van der Waals surface area (Å²) in [6.07, 6.45) is 5.34. The third-order valence-electron chi connectivity index (χ3n) is 1.18. The summed E-state index contributed by atoms with van der Waals surface area (Å²) in [5.74, 6) is 0.145. The zero-order chi connectivity index (χ0) is 6.91. The van der Waals surface area contributed by atoms with Crippen molar-refractivity contribution in [3.63, 3.8) is 0 Å². The average molecular weight is 126 g/mol. The molecule has 50 valence electrons. The van der Waals surface area contributed by atoms with Gasteiger partial charge in [-0.15, -0.1) is 0 Å². The Morgan fingerprint density at radius 1 is 1.56 bits per heavy atom. The van der Waals surface area contributed by atoms with Crippen LogP contribution in [0.5, 0.6) is 0 Å². The summed E-state index contributed by atoms with van der Waals surface area (Å²) in [6, 6.07) is 0. The first-order chi connectivity index (χ1) is 4.10. The minimum Gasteiger partial charge on any atom is -0.508 e. The molecule has 0 aromatic heterocycles. The van der Waals surface area contributed by atoms with E-state index in [-0.39, 0.29) is 5.76 Å². The molecule has 0 heterocycles. The van der Waals surface area contributed by atoms with Crippen LogP contribution in [0.15, 0.2) is 24.0 Å². The molecular formula is C6H10N2O. The molecule has 3 heteroatoms. The number of allylic oxidation sites excluding steroid dienone is 1. The highest BCUT2D eigenvalue weighted by molar-refractivity contribution is 5.22. The lowest BCUT2D eigenvalue weighted by Gasteiger charge is -2.20. The molecule has 1 aliphatic carbocycles. The van der Waals surface area contributed by atoms with Gasteiger partial charge in [0.25, 0.3) is 0 Å². The molecule has 0 bridgehead atoms. The molecule has 0 fully saturated rings. The van der Waals surface area contributed by atoms with Crippen LogP contribution in [0.3, 0.4) is 0 Å². The molecule has 0 atom stereocenters. The molecule has 3 nitrogen and oxygen atoms in total. The van der Waals surface area contributed by atoms with E-state index in [1.54, 1.807) is 12.2 Å². The van der Waals surface area contributed by atoms with Crippen LogP contribution < -0.4 is 11.5 Å². The Morgan fingerprint density at radius 3 is 2.56 bits per heavy atom. The standard InChI is InChI=1S/C6H10N2O/c7-6(8)3-1-2-5(9)4-6/h1-2,4,9H,3,7-8H2. The summed E-state index contributed by atoms with van der Waals surface area (Å²) in [7, 11) is 0. The first kappa shape index (κ1) is 6.32. The van der Waals surface area contributed by atoms with Crippen molar-refractivity contribution >= 4 is 0 Å². The summed E-state index contributed by atoms with van der Waals surface area (Å²) in [5, 5.41) is 8.86. The number of aliphatic hydroxyl groups is 1. The highest BCUT2D eigenvalue weighted by Crippen LogP contribution is 2.11. The van der Waals surface area contributed by atoms with Crippen LogP contribution in [0.1, 0.15) is 6.42 Å². The third-order valence-corrected chi connectivity index (χ3v) is 1.18. The van der Waals surface area contributed by atoms with E-state index in [1.807, 2.05) is 0 Å². The van der Waals surface area contributed by atoms with Gasteiger partial charge in [0.2, 0.25) is 0 Å². The maximum absolute atomic E-state index is 8.86. The Kier molecular flexibility index (Phi) is 1.31. The second kappa shape index (κ2) is 1.86. The molecule has 0 aromatic rings. The van der Waals surface area contributed by atoms with E-state index >= 15 is 0 Å². The van der Waals surface area contributed by atoms with E-state index < -0.39 is 5.66 Å². The van der Waals surface area contributed by atoms with Gasteiger partial charge >= 0.3 is 0 Å². The van der Waals surface area contributed by atoms with Crippen LogP contribution in [-0.2, 0) is 0 Å². The molecule has 0 saturated heterocycles. The van der Waals surface area contributed by atoms with Crippen LogP contribution >= 0.6 is 0 Å². The zero-order valence-electron chi connectivity index (χ0n) is 5.04. The van der Waals surface area contributed by atoms with Crippen molar-refractivity contribution in [2.24, 2.45) is 11.5 Å². The second-order valence-electron chi connectivity index (χ2n) is 2.29. The van der Waals surface area contributed by atoms with Crippen LogP contribution in [0.2, 0.25) is 0 Å². The topological polar surface area (TPSA) is 72.3 Å². The molecule has 0 unspecified atom stereocenters. The van der Waals surface area contributed by atoms with Crippen LogP contribution in [0, 0.1) is 0 Å². The highest BCUT2D eigenvalue weighted by Gasteiger charge is 2.16. The maximum atomic E-state index is 8.86. The molecule has 1 aliphatic rings. The van der Waals surface area contributed by atoms with Gasteiger partial charge in [-0.2, -0.15) is 0 Å². The highest BCUT2D eigenvalue weighted by atomic mass is 16.3. The summed E-state index contributed by atoms with van der Waals surface area (Å²) in [6.45, 7) is 0. The Hall–Kier alpha value is -0.800. The smallest absolute Gasteiger partial charge is 0.114 e. The van der Waals surface area contributed by atoms with Crippen molar-refractivity contribution in [3.05, 3.63) is 24.0 Å². The van der Waals surface area contributed by atoms with Gasteiger partial charge < -0.3 is 16.6 Å². The minimum absolute atomic E-state index is 0.145. The lowest BCUT2D eigenvalue weighted by atomic mass is 10.0. The third kappa shape index (κ3) is 1.55. The molecule has 5 N–H and O–H groups in total. The van der Waals surface area contributed by atoms with Crippen LogP contribution in [0.25, 0.3) is 0 Å². The number of aliphatic hydroxyl groups excluding tert-OH is 1. The number of hydrogen-bond acceptors (Lipinski definition) is 3.